The molecular weight excluding hydrogens is 669 g/mol. The van der Waals surface area contributed by atoms with Gasteiger partial charge in [-0.25, -0.2) is 15.0 Å². The van der Waals surface area contributed by atoms with Crippen LogP contribution in [0.25, 0.3) is 95.0 Å². The summed E-state index contributed by atoms with van der Waals surface area (Å²) in [6.07, 6.45) is 0. The maximum atomic E-state index is 5.00. The second-order valence-corrected chi connectivity index (χ2v) is 13.7. The normalized spacial score (nSPS) is 11.3. The molecule has 10 aromatic rings. The van der Waals surface area contributed by atoms with Gasteiger partial charge in [-0.1, -0.05) is 170 Å². The molecule has 4 nitrogen and oxygen atoms in total. The summed E-state index contributed by atoms with van der Waals surface area (Å²) in [6.45, 7) is 0. The molecule has 8 aromatic carbocycles. The topological polar surface area (TPSA) is 43.6 Å². The van der Waals surface area contributed by atoms with Gasteiger partial charge in [0.25, 0.3) is 0 Å². The second kappa shape index (κ2) is 13.8. The van der Waals surface area contributed by atoms with E-state index in [4.69, 9.17) is 15.0 Å². The highest BCUT2D eigenvalue weighted by Gasteiger charge is 2.19. The highest BCUT2D eigenvalue weighted by atomic mass is 15.0. The van der Waals surface area contributed by atoms with Gasteiger partial charge in [0.15, 0.2) is 17.5 Å². The Labute approximate surface area is 319 Å². The third kappa shape index (κ3) is 6.06. The molecule has 0 N–H and O–H groups in total. The fraction of sp³-hybridized carbons (Fsp3) is 0. The van der Waals surface area contributed by atoms with E-state index in [0.717, 1.165) is 39.0 Å². The van der Waals surface area contributed by atoms with Gasteiger partial charge in [0.05, 0.1) is 11.0 Å². The lowest BCUT2D eigenvalue weighted by Gasteiger charge is -2.15. The van der Waals surface area contributed by atoms with Crippen molar-refractivity contribution in [2.75, 3.05) is 0 Å². The van der Waals surface area contributed by atoms with E-state index < -0.39 is 0 Å². The summed E-state index contributed by atoms with van der Waals surface area (Å²) in [7, 11) is 0. The summed E-state index contributed by atoms with van der Waals surface area (Å²) in [5.41, 5.74) is 13.2. The van der Waals surface area contributed by atoms with E-state index in [-0.39, 0.29) is 0 Å². The second-order valence-electron chi connectivity index (χ2n) is 13.7. The van der Waals surface area contributed by atoms with Crippen LogP contribution in [0.4, 0.5) is 0 Å². The molecule has 0 saturated carbocycles. The SMILES string of the molecule is c1ccc(-c2cc(-c3ccccc3)c3c(c2)c2ccccc2n3-c2cccc(-c3cccc(-c4nc(-c5ccccc5)nc(-c5ccccc5)n4)c3)c2)cc1. The van der Waals surface area contributed by atoms with E-state index >= 15 is 0 Å². The zero-order chi connectivity index (χ0) is 36.6. The van der Waals surface area contributed by atoms with Crippen LogP contribution < -0.4 is 0 Å². The van der Waals surface area contributed by atoms with Crippen molar-refractivity contribution in [1.29, 1.82) is 0 Å². The van der Waals surface area contributed by atoms with Crippen molar-refractivity contribution in [1.82, 2.24) is 19.5 Å². The summed E-state index contributed by atoms with van der Waals surface area (Å²) >= 11 is 0. The molecular formula is C51H34N4. The first-order valence-corrected chi connectivity index (χ1v) is 18.5. The van der Waals surface area contributed by atoms with E-state index in [0.29, 0.717) is 17.5 Å². The van der Waals surface area contributed by atoms with Gasteiger partial charge in [-0.15, -0.1) is 0 Å². The van der Waals surface area contributed by atoms with Crippen LogP contribution in [0.1, 0.15) is 0 Å². The third-order valence-electron chi connectivity index (χ3n) is 10.2. The van der Waals surface area contributed by atoms with Crippen molar-refractivity contribution < 1.29 is 0 Å². The molecule has 2 aromatic heterocycles. The molecule has 0 aliphatic heterocycles. The van der Waals surface area contributed by atoms with Gasteiger partial charge >= 0.3 is 0 Å². The van der Waals surface area contributed by atoms with Crippen molar-refractivity contribution in [2.24, 2.45) is 0 Å². The minimum Gasteiger partial charge on any atom is -0.309 e. The quantitative estimate of drug-likeness (QED) is 0.166. The van der Waals surface area contributed by atoms with Crippen LogP contribution in [0.2, 0.25) is 0 Å². The fourth-order valence-electron chi connectivity index (χ4n) is 7.60. The maximum absolute atomic E-state index is 5.00. The van der Waals surface area contributed by atoms with Gasteiger partial charge in [0, 0.05) is 38.7 Å². The zero-order valence-electron chi connectivity index (χ0n) is 29.9. The third-order valence-corrected chi connectivity index (χ3v) is 10.2. The summed E-state index contributed by atoms with van der Waals surface area (Å²) in [4.78, 5) is 14.9. The molecule has 0 saturated heterocycles. The Hall–Kier alpha value is -7.43. The Kier molecular flexibility index (Phi) is 8.12. The first-order chi connectivity index (χ1) is 27.3. The number of benzene rings is 8. The van der Waals surface area contributed by atoms with Gasteiger partial charge in [-0.05, 0) is 64.2 Å². The molecule has 0 fully saturated rings. The number of hydrogen-bond donors (Lipinski definition) is 0. The molecule has 0 bridgehead atoms. The molecule has 0 radical (unpaired) electrons. The van der Waals surface area contributed by atoms with Crippen molar-refractivity contribution in [3.8, 4) is 73.2 Å². The Bertz CT molecular complexity index is 2900. The minimum absolute atomic E-state index is 0.634. The number of nitrogens with zero attached hydrogens (tertiary/aromatic N) is 4. The lowest BCUT2D eigenvalue weighted by atomic mass is 9.95. The van der Waals surface area contributed by atoms with Crippen molar-refractivity contribution in [2.45, 2.75) is 0 Å². The Morgan fingerprint density at radius 2 is 0.764 bits per heavy atom. The molecule has 0 unspecified atom stereocenters. The smallest absolute Gasteiger partial charge is 0.164 e. The Morgan fingerprint density at radius 1 is 0.291 bits per heavy atom. The highest BCUT2D eigenvalue weighted by molar-refractivity contribution is 6.15. The lowest BCUT2D eigenvalue weighted by Crippen LogP contribution is -2.00. The van der Waals surface area contributed by atoms with Crippen LogP contribution >= 0.6 is 0 Å². The summed E-state index contributed by atoms with van der Waals surface area (Å²) in [5, 5.41) is 2.44. The minimum atomic E-state index is 0.634. The number of fused-ring (bicyclic) bond motifs is 3. The van der Waals surface area contributed by atoms with Gasteiger partial charge in [-0.3, -0.25) is 0 Å². The van der Waals surface area contributed by atoms with Gasteiger partial charge in [0.2, 0.25) is 0 Å². The van der Waals surface area contributed by atoms with Crippen LogP contribution in [0.5, 0.6) is 0 Å². The van der Waals surface area contributed by atoms with Crippen LogP contribution in [-0.2, 0) is 0 Å². The first kappa shape index (κ1) is 32.2. The average Bonchev–Trinajstić information content (AvgIpc) is 3.61. The zero-order valence-corrected chi connectivity index (χ0v) is 29.9. The molecule has 2 heterocycles. The van der Waals surface area contributed by atoms with Gasteiger partial charge in [-0.2, -0.15) is 0 Å². The summed E-state index contributed by atoms with van der Waals surface area (Å²) in [5.74, 6) is 1.93. The van der Waals surface area contributed by atoms with Gasteiger partial charge < -0.3 is 4.57 Å². The van der Waals surface area contributed by atoms with Crippen LogP contribution in [0, 0.1) is 0 Å². The highest BCUT2D eigenvalue weighted by Crippen LogP contribution is 2.42. The summed E-state index contributed by atoms with van der Waals surface area (Å²) in [6, 6.07) is 72.4. The molecule has 0 aliphatic rings. The van der Waals surface area contributed by atoms with E-state index in [9.17, 15) is 0 Å². The van der Waals surface area contributed by atoms with Crippen LogP contribution in [-0.4, -0.2) is 19.5 Å². The predicted molar refractivity (Wildman–Crippen MR) is 227 cm³/mol. The largest absolute Gasteiger partial charge is 0.309 e. The van der Waals surface area contributed by atoms with Gasteiger partial charge in [0.1, 0.15) is 0 Å². The molecule has 0 amide bonds. The number of hydrogen-bond acceptors (Lipinski definition) is 3. The van der Waals surface area contributed by atoms with E-state index in [2.05, 4.69) is 150 Å². The Morgan fingerprint density at radius 3 is 1.40 bits per heavy atom. The number of aromatic nitrogens is 4. The van der Waals surface area contributed by atoms with Crippen molar-refractivity contribution in [3.05, 3.63) is 206 Å². The Balaban J connectivity index is 1.14. The molecule has 258 valence electrons. The first-order valence-electron chi connectivity index (χ1n) is 18.5. The molecule has 10 rings (SSSR count). The van der Waals surface area contributed by atoms with E-state index in [1.54, 1.807) is 0 Å². The maximum Gasteiger partial charge on any atom is 0.164 e. The monoisotopic (exact) mass is 702 g/mol. The van der Waals surface area contributed by atoms with E-state index in [1.807, 2.05) is 60.7 Å². The summed E-state index contributed by atoms with van der Waals surface area (Å²) < 4.78 is 2.43. The molecule has 4 heteroatoms. The fourth-order valence-corrected chi connectivity index (χ4v) is 7.60. The molecule has 55 heavy (non-hydrogen) atoms. The molecule has 0 atom stereocenters. The van der Waals surface area contributed by atoms with E-state index in [1.165, 1.54) is 38.5 Å². The molecule has 0 aliphatic carbocycles. The number of para-hydroxylation sites is 1. The average molecular weight is 703 g/mol. The predicted octanol–water partition coefficient (Wildman–Crippen LogP) is 13.0. The standard InChI is InChI=1S/C51H34N4/c1-5-17-35(18-6-1)42-33-45(36-19-7-2-8-20-36)48-46(34-42)44-29-13-14-30-47(44)55(48)43-28-16-26-40(32-43)39-25-15-27-41(31-39)51-53-49(37-21-9-3-10-22-37)52-50(54-51)38-23-11-4-12-24-38/h1-34H. The van der Waals surface area contributed by atoms with Crippen LogP contribution in [0.3, 0.4) is 0 Å². The lowest BCUT2D eigenvalue weighted by molar-refractivity contribution is 1.07. The molecule has 0 spiro atoms. The van der Waals surface area contributed by atoms with Crippen LogP contribution in [0.15, 0.2) is 206 Å². The van der Waals surface area contributed by atoms with Crippen molar-refractivity contribution in [3.63, 3.8) is 0 Å². The van der Waals surface area contributed by atoms with Crippen molar-refractivity contribution >= 4 is 21.8 Å². The number of rotatable bonds is 7.